The summed E-state index contributed by atoms with van der Waals surface area (Å²) in [5.41, 5.74) is 8.06. The molecule has 0 aliphatic heterocycles. The summed E-state index contributed by atoms with van der Waals surface area (Å²) >= 11 is 0. The average molecular weight is 725 g/mol. The Morgan fingerprint density at radius 3 is 1.62 bits per heavy atom. The van der Waals surface area contributed by atoms with E-state index in [2.05, 4.69) is 133 Å². The number of nitrogens with zero attached hydrogens (tertiary/aromatic N) is 4. The minimum Gasteiger partial charge on any atom is -0.374 e. The zero-order valence-electron chi connectivity index (χ0n) is 30.6. The molecule has 2 atom stereocenters. The Morgan fingerprint density at radius 1 is 0.564 bits per heavy atom. The summed E-state index contributed by atoms with van der Waals surface area (Å²) in [6, 6.07) is 63.4. The van der Waals surface area contributed by atoms with Crippen LogP contribution in [-0.2, 0) is 4.74 Å². The highest BCUT2D eigenvalue weighted by molar-refractivity contribution is 7.20. The van der Waals surface area contributed by atoms with Gasteiger partial charge < -0.3 is 9.30 Å². The first-order chi connectivity index (χ1) is 27.0. The third-order valence-corrected chi connectivity index (χ3v) is 15.5. The summed E-state index contributed by atoms with van der Waals surface area (Å²) in [7, 11) is -2.98. The molecule has 5 nitrogen and oxygen atoms in total. The van der Waals surface area contributed by atoms with Crippen LogP contribution in [0.1, 0.15) is 42.2 Å². The molecule has 0 fully saturated rings. The van der Waals surface area contributed by atoms with E-state index in [4.69, 9.17) is 4.74 Å². The van der Waals surface area contributed by atoms with Crippen molar-refractivity contribution in [2.75, 3.05) is 6.61 Å². The zero-order chi connectivity index (χ0) is 37.9. The Hall–Kier alpha value is -7.01. The van der Waals surface area contributed by atoms with Gasteiger partial charge in [0.15, 0.2) is 8.07 Å². The molecule has 0 aliphatic rings. The molecule has 0 bridgehead atoms. The van der Waals surface area contributed by atoms with Crippen LogP contribution in [-0.4, -0.2) is 19.2 Å². The summed E-state index contributed by atoms with van der Waals surface area (Å²) in [6.07, 6.45) is -0.0216. The summed E-state index contributed by atoms with van der Waals surface area (Å²) in [5.74, 6) is 0. The highest BCUT2D eigenvalue weighted by atomic mass is 28.3. The molecule has 1 unspecified atom stereocenters. The monoisotopic (exact) mass is 724 g/mol. The van der Waals surface area contributed by atoms with E-state index < -0.39 is 8.07 Å². The van der Waals surface area contributed by atoms with Crippen LogP contribution in [0, 0.1) is 34.0 Å². The smallest absolute Gasteiger partial charge is 0.180 e. The molecule has 0 radical (unpaired) electrons. The van der Waals surface area contributed by atoms with E-state index in [0.29, 0.717) is 23.3 Å². The van der Waals surface area contributed by atoms with Gasteiger partial charge in [-0.25, -0.2) is 0 Å². The van der Waals surface area contributed by atoms with Crippen molar-refractivity contribution in [3.05, 3.63) is 186 Å². The number of benzene rings is 7. The Kier molecular flexibility index (Phi) is 9.42. The Bertz CT molecular complexity index is 2730. The fourth-order valence-electron chi connectivity index (χ4n) is 8.07. The van der Waals surface area contributed by atoms with Gasteiger partial charge in [0.25, 0.3) is 0 Å². The lowest BCUT2D eigenvalue weighted by molar-refractivity contribution is 0.0764. The molecule has 7 aromatic carbocycles. The number of ether oxygens (including phenoxy) is 1. The molecule has 1 aromatic heterocycles. The minimum absolute atomic E-state index is 0.0216. The lowest BCUT2D eigenvalue weighted by Gasteiger charge is -2.35. The number of hydrogen-bond acceptors (Lipinski definition) is 4. The maximum Gasteiger partial charge on any atom is 0.180 e. The SMILES string of the molecule is CCO[C@H](C)c1ccc([Si](c2ccccc2)(c2ccc(-c3ccc(-n4c5ccc(C#N)cc5c5cc(C#N)ccc54)cc3)cc2)c2ccccc2C#N)cc1. The first-order valence-electron chi connectivity index (χ1n) is 18.4. The highest BCUT2D eigenvalue weighted by Gasteiger charge is 2.43. The topological polar surface area (TPSA) is 85.5 Å². The van der Waals surface area contributed by atoms with Crippen LogP contribution in [0.2, 0.25) is 0 Å². The number of fused-ring (bicyclic) bond motifs is 3. The predicted octanol–water partition coefficient (Wildman–Crippen LogP) is 8.54. The fourth-order valence-corrected chi connectivity index (χ4v) is 12.9. The number of nitriles is 3. The van der Waals surface area contributed by atoms with Crippen LogP contribution < -0.4 is 20.7 Å². The number of rotatable bonds is 9. The van der Waals surface area contributed by atoms with Crippen molar-refractivity contribution in [2.24, 2.45) is 0 Å². The van der Waals surface area contributed by atoms with Gasteiger partial charge >= 0.3 is 0 Å². The van der Waals surface area contributed by atoms with Crippen molar-refractivity contribution in [1.29, 1.82) is 15.8 Å². The van der Waals surface area contributed by atoms with E-state index in [-0.39, 0.29) is 6.10 Å². The van der Waals surface area contributed by atoms with Gasteiger partial charge in [-0.15, -0.1) is 0 Å². The molecular formula is C49H36N4OSi. The van der Waals surface area contributed by atoms with Crippen molar-refractivity contribution in [3.63, 3.8) is 0 Å². The second kappa shape index (κ2) is 14.8. The Labute approximate surface area is 322 Å². The predicted molar refractivity (Wildman–Crippen MR) is 224 cm³/mol. The molecule has 8 aromatic rings. The Morgan fingerprint density at radius 2 is 1.07 bits per heavy atom. The molecule has 1 heterocycles. The molecule has 0 saturated carbocycles. The standard InChI is InChI=1S/C49H36N4OSi/c1-3-54-34(2)37-17-23-43(24-18-37)55(42-10-5-4-6-11-42,49-12-8-7-9-40(49)33-52)44-25-19-39(20-26-44)38-15-21-41(22-16-38)53-47-27-13-35(31-50)29-45(47)46-30-36(32-51)14-28-48(46)53/h4-30,34H,3H2,1-2H3/t34-,55?/m1/s1. The first-order valence-corrected chi connectivity index (χ1v) is 20.4. The van der Waals surface area contributed by atoms with Crippen molar-refractivity contribution in [1.82, 2.24) is 4.57 Å². The second-order valence-electron chi connectivity index (χ2n) is 13.6. The lowest BCUT2D eigenvalue weighted by atomic mass is 10.1. The summed E-state index contributed by atoms with van der Waals surface area (Å²) < 4.78 is 8.12. The maximum absolute atomic E-state index is 10.5. The van der Waals surface area contributed by atoms with Gasteiger partial charge in [0.1, 0.15) is 0 Å². The van der Waals surface area contributed by atoms with Crippen molar-refractivity contribution in [2.45, 2.75) is 20.0 Å². The molecule has 0 amide bonds. The summed E-state index contributed by atoms with van der Waals surface area (Å²) in [4.78, 5) is 0. The van der Waals surface area contributed by atoms with Gasteiger partial charge in [0.2, 0.25) is 0 Å². The van der Waals surface area contributed by atoms with Gasteiger partial charge in [0, 0.05) is 23.1 Å². The molecule has 0 spiro atoms. The van der Waals surface area contributed by atoms with E-state index in [0.717, 1.165) is 49.4 Å². The minimum atomic E-state index is -2.98. The quantitative estimate of drug-likeness (QED) is 0.110. The lowest BCUT2D eigenvalue weighted by Crippen LogP contribution is -2.75. The average Bonchev–Trinajstić information content (AvgIpc) is 3.58. The van der Waals surface area contributed by atoms with Gasteiger partial charge in [-0.05, 0) is 106 Å². The normalized spacial score (nSPS) is 12.7. The van der Waals surface area contributed by atoms with Gasteiger partial charge in [-0.3, -0.25) is 0 Å². The van der Waals surface area contributed by atoms with Crippen LogP contribution in [0.3, 0.4) is 0 Å². The Balaban J connectivity index is 1.24. The van der Waals surface area contributed by atoms with Gasteiger partial charge in [0.05, 0.1) is 52.0 Å². The zero-order valence-corrected chi connectivity index (χ0v) is 31.6. The molecule has 8 rings (SSSR count). The van der Waals surface area contributed by atoms with E-state index in [9.17, 15) is 15.8 Å². The van der Waals surface area contributed by atoms with Crippen molar-refractivity contribution >= 4 is 50.6 Å². The van der Waals surface area contributed by atoms with E-state index in [1.165, 1.54) is 15.6 Å². The molecule has 262 valence electrons. The van der Waals surface area contributed by atoms with Gasteiger partial charge in [-0.2, -0.15) is 15.8 Å². The van der Waals surface area contributed by atoms with Crippen LogP contribution in [0.4, 0.5) is 0 Å². The molecule has 0 N–H and O–H groups in total. The van der Waals surface area contributed by atoms with Crippen LogP contribution in [0.5, 0.6) is 0 Å². The second-order valence-corrected chi connectivity index (χ2v) is 17.4. The first kappa shape index (κ1) is 35.0. The largest absolute Gasteiger partial charge is 0.374 e. The fraction of sp³-hybridized carbons (Fsp3) is 0.0816. The highest BCUT2D eigenvalue weighted by Crippen LogP contribution is 2.34. The van der Waals surface area contributed by atoms with Crippen molar-refractivity contribution < 1.29 is 4.74 Å². The molecule has 55 heavy (non-hydrogen) atoms. The van der Waals surface area contributed by atoms with Crippen molar-refractivity contribution in [3.8, 4) is 35.0 Å². The maximum atomic E-state index is 10.5. The molecular weight excluding hydrogens is 689 g/mol. The van der Waals surface area contributed by atoms with E-state index in [1.54, 1.807) is 0 Å². The summed E-state index contributed by atoms with van der Waals surface area (Å²) in [6.45, 7) is 4.74. The molecule has 6 heteroatoms. The molecule has 0 saturated heterocycles. The number of hydrogen-bond donors (Lipinski definition) is 0. The third-order valence-electron chi connectivity index (χ3n) is 10.7. The summed E-state index contributed by atoms with van der Waals surface area (Å²) in [5, 5.41) is 36.2. The van der Waals surface area contributed by atoms with E-state index in [1.807, 2.05) is 67.6 Å². The van der Waals surface area contributed by atoms with Gasteiger partial charge in [-0.1, -0.05) is 109 Å². The van der Waals surface area contributed by atoms with Crippen LogP contribution in [0.15, 0.2) is 164 Å². The molecule has 0 aliphatic carbocycles. The van der Waals surface area contributed by atoms with Crippen LogP contribution in [0.25, 0.3) is 38.6 Å². The van der Waals surface area contributed by atoms with E-state index >= 15 is 0 Å². The number of aromatic nitrogens is 1. The third kappa shape index (κ3) is 6.09. The van der Waals surface area contributed by atoms with Crippen LogP contribution >= 0.6 is 0 Å².